The van der Waals surface area contributed by atoms with Gasteiger partial charge in [-0.05, 0) is 42.5 Å². The van der Waals surface area contributed by atoms with E-state index in [2.05, 4.69) is 17.4 Å². The number of benzene rings is 2. The normalized spacial score (nSPS) is 16.6. The summed E-state index contributed by atoms with van der Waals surface area (Å²) in [5, 5.41) is 3.50. The van der Waals surface area contributed by atoms with Gasteiger partial charge in [0.1, 0.15) is 5.58 Å². The topological polar surface area (TPSA) is 59.3 Å². The van der Waals surface area contributed by atoms with Gasteiger partial charge < -0.3 is 9.73 Å². The third-order valence-electron chi connectivity index (χ3n) is 4.53. The number of amides is 1. The van der Waals surface area contributed by atoms with E-state index in [-0.39, 0.29) is 23.1 Å². The van der Waals surface area contributed by atoms with Crippen LogP contribution in [0.2, 0.25) is 0 Å². The van der Waals surface area contributed by atoms with Crippen molar-refractivity contribution >= 4 is 16.9 Å². The van der Waals surface area contributed by atoms with E-state index < -0.39 is 0 Å². The Hall–Kier alpha value is -2.88. The van der Waals surface area contributed by atoms with E-state index in [1.54, 1.807) is 24.3 Å². The molecule has 1 heterocycles. The molecule has 4 heteroatoms. The molecule has 0 unspecified atom stereocenters. The summed E-state index contributed by atoms with van der Waals surface area (Å²) in [7, 11) is 0. The number of rotatable bonds is 2. The average molecular weight is 319 g/mol. The van der Waals surface area contributed by atoms with E-state index in [1.165, 1.54) is 11.6 Å². The summed E-state index contributed by atoms with van der Waals surface area (Å²) < 4.78 is 5.62. The summed E-state index contributed by atoms with van der Waals surface area (Å²) in [4.78, 5) is 24.7. The first-order valence-corrected chi connectivity index (χ1v) is 8.14. The van der Waals surface area contributed by atoms with Crippen LogP contribution in [-0.2, 0) is 6.42 Å². The quantitative estimate of drug-likeness (QED) is 0.785. The van der Waals surface area contributed by atoms with Crippen LogP contribution in [0.25, 0.3) is 11.0 Å². The lowest BCUT2D eigenvalue weighted by Gasteiger charge is -2.26. The summed E-state index contributed by atoms with van der Waals surface area (Å²) in [6.07, 6.45) is 2.96. The van der Waals surface area contributed by atoms with Crippen LogP contribution in [0.4, 0.5) is 0 Å². The average Bonchev–Trinajstić information content (AvgIpc) is 2.62. The van der Waals surface area contributed by atoms with Crippen LogP contribution < -0.4 is 10.7 Å². The van der Waals surface area contributed by atoms with Crippen molar-refractivity contribution in [1.82, 2.24) is 5.32 Å². The number of para-hydroxylation sites is 1. The maximum atomic E-state index is 12.6. The summed E-state index contributed by atoms with van der Waals surface area (Å²) in [5.74, 6) is -0.290. The van der Waals surface area contributed by atoms with Crippen LogP contribution in [0.3, 0.4) is 0 Å². The summed E-state index contributed by atoms with van der Waals surface area (Å²) in [6, 6.07) is 16.3. The van der Waals surface area contributed by atoms with Gasteiger partial charge in [0.2, 0.25) is 0 Å². The molecular formula is C20H17NO3. The van der Waals surface area contributed by atoms with Crippen molar-refractivity contribution in [3.63, 3.8) is 0 Å². The van der Waals surface area contributed by atoms with Gasteiger partial charge >= 0.3 is 0 Å². The molecule has 0 spiro atoms. The lowest BCUT2D eigenvalue weighted by Crippen LogP contribution is -2.31. The second kappa shape index (κ2) is 5.96. The van der Waals surface area contributed by atoms with Crippen LogP contribution in [0.5, 0.6) is 0 Å². The van der Waals surface area contributed by atoms with Crippen molar-refractivity contribution in [2.24, 2.45) is 0 Å². The van der Waals surface area contributed by atoms with Gasteiger partial charge in [-0.2, -0.15) is 0 Å². The molecule has 1 amide bonds. The molecule has 0 bridgehead atoms. The second-order valence-electron chi connectivity index (χ2n) is 6.09. The summed E-state index contributed by atoms with van der Waals surface area (Å²) >= 11 is 0. The first-order chi connectivity index (χ1) is 11.7. The Labute approximate surface area is 139 Å². The maximum absolute atomic E-state index is 12.6. The molecule has 1 atom stereocenters. The molecule has 0 fully saturated rings. The lowest BCUT2D eigenvalue weighted by atomic mass is 9.88. The molecule has 4 nitrogen and oxygen atoms in total. The second-order valence-corrected chi connectivity index (χ2v) is 6.09. The Balaban J connectivity index is 1.65. The van der Waals surface area contributed by atoms with Gasteiger partial charge in [0.25, 0.3) is 5.91 Å². The number of nitrogens with one attached hydrogen (secondary N) is 1. The highest BCUT2D eigenvalue weighted by molar-refractivity contribution is 5.93. The molecule has 120 valence electrons. The molecule has 0 saturated carbocycles. The number of hydrogen-bond acceptors (Lipinski definition) is 3. The Bertz CT molecular complexity index is 974. The third-order valence-corrected chi connectivity index (χ3v) is 4.53. The van der Waals surface area contributed by atoms with Gasteiger partial charge in [0.15, 0.2) is 11.2 Å². The number of fused-ring (bicyclic) bond motifs is 2. The SMILES string of the molecule is O=C(N[C@H]1CCCc2ccccc21)c1cc(=O)c2ccccc2o1. The van der Waals surface area contributed by atoms with E-state index in [0.29, 0.717) is 11.0 Å². The van der Waals surface area contributed by atoms with E-state index in [4.69, 9.17) is 4.42 Å². The fourth-order valence-electron chi connectivity index (χ4n) is 3.35. The monoisotopic (exact) mass is 319 g/mol. The number of aryl methyl sites for hydroxylation is 1. The highest BCUT2D eigenvalue weighted by Gasteiger charge is 2.23. The van der Waals surface area contributed by atoms with Crippen molar-refractivity contribution in [2.75, 3.05) is 0 Å². The highest BCUT2D eigenvalue weighted by Crippen LogP contribution is 2.29. The Morgan fingerprint density at radius 3 is 2.79 bits per heavy atom. The Morgan fingerprint density at radius 1 is 1.08 bits per heavy atom. The van der Waals surface area contributed by atoms with Crippen molar-refractivity contribution in [2.45, 2.75) is 25.3 Å². The minimum absolute atomic E-state index is 0.0424. The Kier molecular flexibility index (Phi) is 3.65. The van der Waals surface area contributed by atoms with Crippen LogP contribution >= 0.6 is 0 Å². The number of carbonyl (C=O) groups excluding carboxylic acids is 1. The molecule has 1 aromatic heterocycles. The van der Waals surface area contributed by atoms with E-state index in [1.807, 2.05) is 12.1 Å². The van der Waals surface area contributed by atoms with E-state index in [0.717, 1.165) is 24.8 Å². The Morgan fingerprint density at radius 2 is 1.88 bits per heavy atom. The molecule has 0 saturated heterocycles. The van der Waals surface area contributed by atoms with Gasteiger partial charge in [-0.15, -0.1) is 0 Å². The molecule has 2 aromatic carbocycles. The van der Waals surface area contributed by atoms with Crippen LogP contribution in [0.1, 0.15) is 40.6 Å². The smallest absolute Gasteiger partial charge is 0.287 e. The van der Waals surface area contributed by atoms with Gasteiger partial charge in [0, 0.05) is 6.07 Å². The predicted molar refractivity (Wildman–Crippen MR) is 92.1 cm³/mol. The molecule has 1 aliphatic rings. The summed E-state index contributed by atoms with van der Waals surface area (Å²) in [6.45, 7) is 0. The first-order valence-electron chi connectivity index (χ1n) is 8.14. The zero-order valence-corrected chi connectivity index (χ0v) is 13.1. The van der Waals surface area contributed by atoms with Crippen molar-refractivity contribution in [3.05, 3.63) is 81.7 Å². The van der Waals surface area contributed by atoms with Crippen molar-refractivity contribution < 1.29 is 9.21 Å². The molecule has 24 heavy (non-hydrogen) atoms. The number of carbonyl (C=O) groups is 1. The van der Waals surface area contributed by atoms with Crippen LogP contribution in [-0.4, -0.2) is 5.91 Å². The molecule has 1 N–H and O–H groups in total. The summed E-state index contributed by atoms with van der Waals surface area (Å²) in [5.41, 5.74) is 2.65. The zero-order chi connectivity index (χ0) is 16.5. The maximum Gasteiger partial charge on any atom is 0.287 e. The van der Waals surface area contributed by atoms with Gasteiger partial charge in [-0.25, -0.2) is 0 Å². The van der Waals surface area contributed by atoms with Crippen LogP contribution in [0.15, 0.2) is 63.8 Å². The third kappa shape index (κ3) is 2.60. The predicted octanol–water partition coefficient (Wildman–Crippen LogP) is 3.60. The minimum atomic E-state index is -0.348. The fraction of sp³-hybridized carbons (Fsp3) is 0.200. The fourth-order valence-corrected chi connectivity index (χ4v) is 3.35. The number of hydrogen-bond donors (Lipinski definition) is 1. The molecule has 0 aliphatic heterocycles. The molecule has 4 rings (SSSR count). The first kappa shape index (κ1) is 14.7. The van der Waals surface area contributed by atoms with E-state index in [9.17, 15) is 9.59 Å². The largest absolute Gasteiger partial charge is 0.451 e. The van der Waals surface area contributed by atoms with E-state index >= 15 is 0 Å². The molecule has 1 aliphatic carbocycles. The van der Waals surface area contributed by atoms with Crippen molar-refractivity contribution in [3.8, 4) is 0 Å². The van der Waals surface area contributed by atoms with Gasteiger partial charge in [-0.1, -0.05) is 36.4 Å². The molecule has 3 aromatic rings. The van der Waals surface area contributed by atoms with Crippen molar-refractivity contribution in [1.29, 1.82) is 0 Å². The van der Waals surface area contributed by atoms with Gasteiger partial charge in [-0.3, -0.25) is 9.59 Å². The molecule has 0 radical (unpaired) electrons. The molecular weight excluding hydrogens is 302 g/mol. The highest BCUT2D eigenvalue weighted by atomic mass is 16.3. The van der Waals surface area contributed by atoms with Crippen LogP contribution in [0, 0.1) is 0 Å². The standard InChI is InChI=1S/C20H17NO3/c22-17-12-19(24-18-11-4-3-9-15(17)18)20(23)21-16-10-5-7-13-6-1-2-8-14(13)16/h1-4,6,8-9,11-12,16H,5,7,10H2,(H,21,23)/t16-/m0/s1. The minimum Gasteiger partial charge on any atom is -0.451 e. The zero-order valence-electron chi connectivity index (χ0n) is 13.1. The lowest BCUT2D eigenvalue weighted by molar-refractivity contribution is 0.0905. The van der Waals surface area contributed by atoms with Gasteiger partial charge in [0.05, 0.1) is 11.4 Å².